The van der Waals surface area contributed by atoms with Gasteiger partial charge in [-0.1, -0.05) is 5.16 Å². The second-order valence-electron chi connectivity index (χ2n) is 3.23. The van der Waals surface area contributed by atoms with Gasteiger partial charge in [0.25, 0.3) is 5.89 Å². The van der Waals surface area contributed by atoms with Crippen LogP contribution in [-0.4, -0.2) is 29.9 Å². The van der Waals surface area contributed by atoms with Gasteiger partial charge in [0.1, 0.15) is 6.61 Å². The molecule has 0 aliphatic carbocycles. The molecule has 6 heteroatoms. The first-order chi connectivity index (χ1) is 6.81. The quantitative estimate of drug-likeness (QED) is 0.738. The first-order valence-corrected chi connectivity index (χ1v) is 4.50. The first-order valence-electron chi connectivity index (χ1n) is 4.50. The van der Waals surface area contributed by atoms with E-state index in [1.807, 2.05) is 0 Å². The van der Waals surface area contributed by atoms with Crippen LogP contribution in [0.1, 0.15) is 24.2 Å². The lowest BCUT2D eigenvalue weighted by molar-refractivity contribution is 0.0766. The summed E-state index contributed by atoms with van der Waals surface area (Å²) in [5.41, 5.74) is 5.81. The van der Waals surface area contributed by atoms with Crippen molar-refractivity contribution in [3.05, 3.63) is 11.7 Å². The standard InChI is InChI=1S/C8H13N3O3/c1-12-4-6-10-8(14-11-6)7-5(9)2-3-13-7/h5,7H,2-4,9H2,1H3/t5-,7-/m0/s1. The molecule has 2 N–H and O–H groups in total. The second kappa shape index (κ2) is 4.04. The molecule has 1 aromatic heterocycles. The van der Waals surface area contributed by atoms with Crippen LogP contribution in [0, 0.1) is 0 Å². The Morgan fingerprint density at radius 3 is 3.14 bits per heavy atom. The van der Waals surface area contributed by atoms with Gasteiger partial charge in [-0.3, -0.25) is 0 Å². The Balaban J connectivity index is 2.08. The zero-order valence-corrected chi connectivity index (χ0v) is 7.97. The number of hydrogen-bond donors (Lipinski definition) is 1. The van der Waals surface area contributed by atoms with Crippen molar-refractivity contribution in [1.82, 2.24) is 10.1 Å². The monoisotopic (exact) mass is 199 g/mol. The molecule has 6 nitrogen and oxygen atoms in total. The molecule has 1 fully saturated rings. The van der Waals surface area contributed by atoms with Crippen molar-refractivity contribution in [2.75, 3.05) is 13.7 Å². The number of aromatic nitrogens is 2. The van der Waals surface area contributed by atoms with Crippen LogP contribution in [0.3, 0.4) is 0 Å². The maximum absolute atomic E-state index is 5.81. The lowest BCUT2D eigenvalue weighted by Gasteiger charge is -2.07. The van der Waals surface area contributed by atoms with Gasteiger partial charge < -0.3 is 19.7 Å². The van der Waals surface area contributed by atoms with E-state index in [0.29, 0.717) is 24.9 Å². The lowest BCUT2D eigenvalue weighted by Crippen LogP contribution is -2.23. The molecule has 78 valence electrons. The van der Waals surface area contributed by atoms with Crippen LogP contribution in [0.2, 0.25) is 0 Å². The second-order valence-corrected chi connectivity index (χ2v) is 3.23. The zero-order chi connectivity index (χ0) is 9.97. The molecule has 14 heavy (non-hydrogen) atoms. The molecule has 0 aromatic carbocycles. The minimum Gasteiger partial charge on any atom is -0.377 e. The molecule has 1 aliphatic rings. The Morgan fingerprint density at radius 2 is 2.50 bits per heavy atom. The molecule has 2 atom stereocenters. The van der Waals surface area contributed by atoms with Crippen molar-refractivity contribution in [1.29, 1.82) is 0 Å². The van der Waals surface area contributed by atoms with E-state index in [9.17, 15) is 0 Å². The topological polar surface area (TPSA) is 83.4 Å². The van der Waals surface area contributed by atoms with Gasteiger partial charge in [-0.15, -0.1) is 0 Å². The first kappa shape index (κ1) is 9.57. The molecule has 0 amide bonds. The van der Waals surface area contributed by atoms with E-state index in [-0.39, 0.29) is 12.1 Å². The van der Waals surface area contributed by atoms with Crippen molar-refractivity contribution in [3.8, 4) is 0 Å². The van der Waals surface area contributed by atoms with E-state index >= 15 is 0 Å². The van der Waals surface area contributed by atoms with Crippen molar-refractivity contribution in [3.63, 3.8) is 0 Å². The van der Waals surface area contributed by atoms with E-state index in [1.165, 1.54) is 0 Å². The maximum atomic E-state index is 5.81. The van der Waals surface area contributed by atoms with Crippen molar-refractivity contribution >= 4 is 0 Å². The summed E-state index contributed by atoms with van der Waals surface area (Å²) in [5, 5.41) is 3.74. The predicted octanol–water partition coefficient (Wildman–Crippen LogP) is 0.00470. The van der Waals surface area contributed by atoms with E-state index < -0.39 is 0 Å². The highest BCUT2D eigenvalue weighted by atomic mass is 16.5. The molecule has 1 saturated heterocycles. The SMILES string of the molecule is COCc1noc([C@H]2OCC[C@@H]2N)n1. The van der Waals surface area contributed by atoms with Gasteiger partial charge in [-0.25, -0.2) is 0 Å². The fourth-order valence-corrected chi connectivity index (χ4v) is 1.43. The average molecular weight is 199 g/mol. The minimum absolute atomic E-state index is 0.0501. The van der Waals surface area contributed by atoms with E-state index in [0.717, 1.165) is 6.42 Å². The Labute approximate surface area is 81.4 Å². The molecule has 1 aromatic rings. The number of nitrogens with two attached hydrogens (primary N) is 1. The maximum Gasteiger partial charge on any atom is 0.257 e. The van der Waals surface area contributed by atoms with E-state index in [2.05, 4.69) is 10.1 Å². The van der Waals surface area contributed by atoms with Crippen LogP contribution in [0.25, 0.3) is 0 Å². The third-order valence-corrected chi connectivity index (χ3v) is 2.14. The summed E-state index contributed by atoms with van der Waals surface area (Å²) in [6.45, 7) is 0.985. The number of nitrogens with zero attached hydrogens (tertiary/aromatic N) is 2. The number of methoxy groups -OCH3 is 1. The predicted molar refractivity (Wildman–Crippen MR) is 46.3 cm³/mol. The molecule has 0 bridgehead atoms. The number of rotatable bonds is 3. The molecular weight excluding hydrogens is 186 g/mol. The Hall–Kier alpha value is -0.980. The fraction of sp³-hybridized carbons (Fsp3) is 0.750. The van der Waals surface area contributed by atoms with Gasteiger partial charge in [0.15, 0.2) is 11.9 Å². The van der Waals surface area contributed by atoms with Gasteiger partial charge in [0.05, 0.1) is 0 Å². The molecular formula is C8H13N3O3. The average Bonchev–Trinajstić information content (AvgIpc) is 2.74. The van der Waals surface area contributed by atoms with Gasteiger partial charge in [-0.2, -0.15) is 4.98 Å². The highest BCUT2D eigenvalue weighted by molar-refractivity contribution is 4.96. The molecule has 0 radical (unpaired) electrons. The Kier molecular flexibility index (Phi) is 2.76. The lowest BCUT2D eigenvalue weighted by atomic mass is 10.1. The summed E-state index contributed by atoms with van der Waals surface area (Å²) in [6, 6.07) is -0.0501. The van der Waals surface area contributed by atoms with Crippen LogP contribution < -0.4 is 5.73 Å². The Morgan fingerprint density at radius 1 is 1.64 bits per heavy atom. The summed E-state index contributed by atoms with van der Waals surface area (Å²) in [5.74, 6) is 0.965. The van der Waals surface area contributed by atoms with Gasteiger partial charge >= 0.3 is 0 Å². The molecule has 0 saturated carbocycles. The van der Waals surface area contributed by atoms with Gasteiger partial charge in [0, 0.05) is 19.8 Å². The Bertz CT molecular complexity index is 302. The van der Waals surface area contributed by atoms with Crippen LogP contribution in [0.15, 0.2) is 4.52 Å². The molecule has 0 spiro atoms. The molecule has 0 unspecified atom stereocenters. The summed E-state index contributed by atoms with van der Waals surface area (Å²) in [6.07, 6.45) is 0.570. The largest absolute Gasteiger partial charge is 0.377 e. The number of hydrogen-bond acceptors (Lipinski definition) is 6. The summed E-state index contributed by atoms with van der Waals surface area (Å²) < 4.78 is 15.3. The van der Waals surface area contributed by atoms with Gasteiger partial charge in [0.2, 0.25) is 0 Å². The molecule has 1 aliphatic heterocycles. The summed E-state index contributed by atoms with van der Waals surface area (Å²) >= 11 is 0. The van der Waals surface area contributed by atoms with Crippen molar-refractivity contribution in [2.24, 2.45) is 5.73 Å². The molecule has 2 heterocycles. The zero-order valence-electron chi connectivity index (χ0n) is 7.97. The normalized spacial score (nSPS) is 27.0. The van der Waals surface area contributed by atoms with Crippen LogP contribution in [0.5, 0.6) is 0 Å². The minimum atomic E-state index is -0.256. The van der Waals surface area contributed by atoms with Crippen LogP contribution in [-0.2, 0) is 16.1 Å². The van der Waals surface area contributed by atoms with E-state index in [1.54, 1.807) is 7.11 Å². The fourth-order valence-electron chi connectivity index (χ4n) is 1.43. The summed E-state index contributed by atoms with van der Waals surface area (Å²) in [4.78, 5) is 4.12. The highest BCUT2D eigenvalue weighted by Crippen LogP contribution is 2.26. The van der Waals surface area contributed by atoms with Crippen molar-refractivity contribution in [2.45, 2.75) is 25.2 Å². The van der Waals surface area contributed by atoms with E-state index in [4.69, 9.17) is 19.7 Å². The third-order valence-electron chi connectivity index (χ3n) is 2.14. The van der Waals surface area contributed by atoms with Crippen LogP contribution in [0.4, 0.5) is 0 Å². The molecule has 2 rings (SSSR count). The van der Waals surface area contributed by atoms with Gasteiger partial charge in [-0.05, 0) is 6.42 Å². The third kappa shape index (κ3) is 1.77. The highest BCUT2D eigenvalue weighted by Gasteiger charge is 2.31. The van der Waals surface area contributed by atoms with Crippen LogP contribution >= 0.6 is 0 Å². The van der Waals surface area contributed by atoms with Crippen molar-refractivity contribution < 1.29 is 14.0 Å². The summed E-state index contributed by atoms with van der Waals surface area (Å²) in [7, 11) is 1.58. The number of ether oxygens (including phenoxy) is 2. The smallest absolute Gasteiger partial charge is 0.257 e.